The molecule has 106 valence electrons. The number of carbonyl (C=O) groups excluding carboxylic acids is 1. The number of benzene rings is 2. The van der Waals surface area contributed by atoms with Crippen LogP contribution in [0.4, 0.5) is 5.69 Å². The molecule has 0 amide bonds. The average Bonchev–Trinajstić information content (AvgIpc) is 2.49. The molecule has 4 heteroatoms. The molecule has 0 radical (unpaired) electrons. The summed E-state index contributed by atoms with van der Waals surface area (Å²) in [5.41, 5.74) is 5.81. The van der Waals surface area contributed by atoms with Gasteiger partial charge in [0, 0.05) is 0 Å². The van der Waals surface area contributed by atoms with E-state index in [0.29, 0.717) is 5.69 Å². The summed E-state index contributed by atoms with van der Waals surface area (Å²) >= 11 is 0. The molecule has 0 aromatic heterocycles. The monoisotopic (exact) mass is 279 g/mol. The number of hydrazone groups is 1. The van der Waals surface area contributed by atoms with Crippen LogP contribution in [0.25, 0.3) is 6.08 Å². The topological polar surface area (TPSA) is 64.5 Å². The summed E-state index contributed by atoms with van der Waals surface area (Å²) in [5.74, 6) is -1.19. The van der Waals surface area contributed by atoms with E-state index in [2.05, 4.69) is 10.5 Å². The lowest BCUT2D eigenvalue weighted by Gasteiger charge is -2.04. The fourth-order valence-electron chi connectivity index (χ4n) is 1.74. The van der Waals surface area contributed by atoms with Crippen molar-refractivity contribution >= 4 is 23.9 Å². The number of hydrogen-bond donors (Lipinski definition) is 1. The third-order valence-corrected chi connectivity index (χ3v) is 2.78. The van der Waals surface area contributed by atoms with Crippen molar-refractivity contribution in [3.05, 3.63) is 71.3 Å². The van der Waals surface area contributed by atoms with Crippen LogP contribution in [0.5, 0.6) is 0 Å². The Hall–Kier alpha value is -2.88. The fraction of sp³-hybridized carbons (Fsp3) is 0.0588. The molecular weight excluding hydrogens is 264 g/mol. The molecular formula is C17H15N2O2-. The van der Waals surface area contributed by atoms with Crippen LogP contribution in [0, 0.1) is 0 Å². The summed E-state index contributed by atoms with van der Waals surface area (Å²) in [7, 11) is 0. The fourth-order valence-corrected chi connectivity index (χ4v) is 1.74. The van der Waals surface area contributed by atoms with Gasteiger partial charge in [0.2, 0.25) is 0 Å². The number of anilines is 1. The van der Waals surface area contributed by atoms with Crippen LogP contribution in [0.15, 0.2) is 65.3 Å². The van der Waals surface area contributed by atoms with Crippen molar-refractivity contribution in [1.82, 2.24) is 0 Å². The van der Waals surface area contributed by atoms with Gasteiger partial charge in [-0.25, -0.2) is 0 Å². The van der Waals surface area contributed by atoms with Gasteiger partial charge in [0.15, 0.2) is 0 Å². The van der Waals surface area contributed by atoms with E-state index in [1.165, 1.54) is 12.1 Å². The predicted octanol–water partition coefficient (Wildman–Crippen LogP) is 2.55. The van der Waals surface area contributed by atoms with Gasteiger partial charge in [0.1, 0.15) is 0 Å². The molecule has 0 saturated carbocycles. The molecule has 1 N–H and O–H groups in total. The second-order valence-corrected chi connectivity index (χ2v) is 4.53. The second kappa shape index (κ2) is 7.05. The number of rotatable bonds is 5. The summed E-state index contributed by atoms with van der Waals surface area (Å²) in [6.07, 6.45) is 3.73. The van der Waals surface area contributed by atoms with E-state index in [9.17, 15) is 9.90 Å². The zero-order valence-corrected chi connectivity index (χ0v) is 11.6. The van der Waals surface area contributed by atoms with Crippen LogP contribution >= 0.6 is 0 Å². The summed E-state index contributed by atoms with van der Waals surface area (Å²) in [4.78, 5) is 10.6. The highest BCUT2D eigenvalue weighted by atomic mass is 16.4. The molecule has 0 fully saturated rings. The number of nitrogens with zero attached hydrogens (tertiary/aromatic N) is 1. The lowest BCUT2D eigenvalue weighted by molar-refractivity contribution is -0.255. The average molecular weight is 279 g/mol. The molecule has 0 aliphatic carbocycles. The van der Waals surface area contributed by atoms with Gasteiger partial charge in [-0.15, -0.1) is 0 Å². The number of hydrogen-bond acceptors (Lipinski definition) is 4. The number of carbonyl (C=O) groups is 1. The number of carboxylic acid groups (broad SMARTS) is 1. The van der Waals surface area contributed by atoms with Crippen molar-refractivity contribution < 1.29 is 9.90 Å². The second-order valence-electron chi connectivity index (χ2n) is 4.53. The highest BCUT2D eigenvalue weighted by Gasteiger charge is 1.93. The Morgan fingerprint density at radius 3 is 2.38 bits per heavy atom. The lowest BCUT2D eigenvalue weighted by atomic mass is 10.1. The highest BCUT2D eigenvalue weighted by Crippen LogP contribution is 2.09. The number of aromatic carboxylic acids is 1. The molecule has 2 aromatic rings. The van der Waals surface area contributed by atoms with Crippen molar-refractivity contribution in [3.63, 3.8) is 0 Å². The van der Waals surface area contributed by atoms with Gasteiger partial charge in [-0.2, -0.15) is 5.10 Å². The molecule has 21 heavy (non-hydrogen) atoms. The summed E-state index contributed by atoms with van der Waals surface area (Å²) in [5, 5.41) is 14.7. The molecule has 0 heterocycles. The van der Waals surface area contributed by atoms with Crippen LogP contribution in [-0.2, 0) is 0 Å². The zero-order valence-electron chi connectivity index (χ0n) is 11.6. The normalized spacial score (nSPS) is 11.6. The minimum absolute atomic E-state index is 0.143. The molecule has 2 rings (SSSR count). The van der Waals surface area contributed by atoms with Gasteiger partial charge >= 0.3 is 0 Å². The summed E-state index contributed by atoms with van der Waals surface area (Å²) in [6.45, 7) is 1.96. The number of nitrogens with one attached hydrogen (secondary N) is 1. The highest BCUT2D eigenvalue weighted by molar-refractivity contribution is 5.86. The van der Waals surface area contributed by atoms with E-state index in [-0.39, 0.29) is 5.56 Å². The first-order chi connectivity index (χ1) is 10.1. The smallest absolute Gasteiger partial charge is 0.0715 e. The summed E-state index contributed by atoms with van der Waals surface area (Å²) < 4.78 is 0. The molecule has 2 aromatic carbocycles. The third-order valence-electron chi connectivity index (χ3n) is 2.78. The quantitative estimate of drug-likeness (QED) is 0.675. The third kappa shape index (κ3) is 4.62. The van der Waals surface area contributed by atoms with Gasteiger partial charge < -0.3 is 9.90 Å². The SMILES string of the molecule is CC(/C=N\Nc1ccc(C(=O)[O-])cc1)=C\c1ccccc1. The van der Waals surface area contributed by atoms with E-state index >= 15 is 0 Å². The number of carboxylic acids is 1. The Morgan fingerprint density at radius 2 is 1.76 bits per heavy atom. The van der Waals surface area contributed by atoms with Crippen molar-refractivity contribution in [1.29, 1.82) is 0 Å². The van der Waals surface area contributed by atoms with Gasteiger partial charge in [-0.3, -0.25) is 5.43 Å². The minimum Gasteiger partial charge on any atom is -0.545 e. The standard InChI is InChI=1S/C17H16N2O2/c1-13(11-14-5-3-2-4-6-14)12-18-19-16-9-7-15(8-10-16)17(20)21/h2-12,19H,1H3,(H,20,21)/p-1/b13-11+,18-12-. The van der Waals surface area contributed by atoms with Gasteiger partial charge in [-0.1, -0.05) is 48.5 Å². The maximum atomic E-state index is 10.6. The van der Waals surface area contributed by atoms with Crippen LogP contribution in [-0.4, -0.2) is 12.2 Å². The minimum atomic E-state index is -1.19. The first-order valence-corrected chi connectivity index (χ1v) is 6.49. The Kier molecular flexibility index (Phi) is 4.88. The molecule has 0 atom stereocenters. The van der Waals surface area contributed by atoms with Crippen molar-refractivity contribution in [2.75, 3.05) is 5.43 Å². The van der Waals surface area contributed by atoms with Crippen LogP contribution in [0.1, 0.15) is 22.8 Å². The predicted molar refractivity (Wildman–Crippen MR) is 83.0 cm³/mol. The Morgan fingerprint density at radius 1 is 1.10 bits per heavy atom. The van der Waals surface area contributed by atoms with Gasteiger partial charge in [0.05, 0.1) is 17.9 Å². The van der Waals surface area contributed by atoms with E-state index in [0.717, 1.165) is 11.1 Å². The summed E-state index contributed by atoms with van der Waals surface area (Å²) in [6, 6.07) is 16.2. The Balaban J connectivity index is 1.95. The zero-order chi connectivity index (χ0) is 15.1. The Bertz CT molecular complexity index is 659. The van der Waals surface area contributed by atoms with E-state index in [1.807, 2.05) is 43.3 Å². The first-order valence-electron chi connectivity index (χ1n) is 6.49. The van der Waals surface area contributed by atoms with Crippen molar-refractivity contribution in [2.45, 2.75) is 6.92 Å². The van der Waals surface area contributed by atoms with Gasteiger partial charge in [-0.05, 0) is 35.8 Å². The van der Waals surface area contributed by atoms with E-state index in [4.69, 9.17) is 0 Å². The first kappa shape index (κ1) is 14.5. The lowest BCUT2D eigenvalue weighted by Crippen LogP contribution is -2.21. The van der Waals surface area contributed by atoms with Crippen LogP contribution < -0.4 is 10.5 Å². The maximum absolute atomic E-state index is 10.6. The van der Waals surface area contributed by atoms with Crippen molar-refractivity contribution in [3.8, 4) is 0 Å². The van der Waals surface area contributed by atoms with Crippen LogP contribution in [0.2, 0.25) is 0 Å². The Labute approximate surface area is 123 Å². The van der Waals surface area contributed by atoms with E-state index < -0.39 is 5.97 Å². The molecule has 0 saturated heterocycles. The molecule has 0 bridgehead atoms. The largest absolute Gasteiger partial charge is 0.545 e. The number of allylic oxidation sites excluding steroid dienone is 1. The molecule has 4 nitrogen and oxygen atoms in total. The molecule has 0 spiro atoms. The van der Waals surface area contributed by atoms with Crippen molar-refractivity contribution in [2.24, 2.45) is 5.10 Å². The maximum Gasteiger partial charge on any atom is 0.0715 e. The van der Waals surface area contributed by atoms with E-state index in [1.54, 1.807) is 18.3 Å². The molecule has 0 aliphatic heterocycles. The van der Waals surface area contributed by atoms with Crippen LogP contribution in [0.3, 0.4) is 0 Å². The molecule has 0 aliphatic rings. The van der Waals surface area contributed by atoms with Gasteiger partial charge in [0.25, 0.3) is 0 Å². The molecule has 0 unspecified atom stereocenters.